The summed E-state index contributed by atoms with van der Waals surface area (Å²) in [6.07, 6.45) is 7.68. The van der Waals surface area contributed by atoms with Crippen molar-refractivity contribution in [3.8, 4) is 0 Å². The Morgan fingerprint density at radius 1 is 1.12 bits per heavy atom. The minimum Gasteiger partial charge on any atom is -0.466 e. The van der Waals surface area contributed by atoms with Gasteiger partial charge in [-0.25, -0.2) is 0 Å². The summed E-state index contributed by atoms with van der Waals surface area (Å²) in [5.74, 6) is 0.0365. The first kappa shape index (κ1) is 18.1. The molecule has 1 atom stereocenters. The van der Waals surface area contributed by atoms with Gasteiger partial charge in [0.1, 0.15) is 6.23 Å². The van der Waals surface area contributed by atoms with Gasteiger partial charge in [-0.05, 0) is 51.9 Å². The Bertz CT molecular complexity index is 386. The Kier molecular flexibility index (Phi) is 6.89. The van der Waals surface area contributed by atoms with Crippen LogP contribution in [0.25, 0.3) is 0 Å². The Labute approximate surface area is 145 Å². The van der Waals surface area contributed by atoms with Crippen molar-refractivity contribution in [2.45, 2.75) is 64.2 Å². The summed E-state index contributed by atoms with van der Waals surface area (Å²) in [6, 6.07) is 0. The molecular formula is C18H32N2O4. The molecule has 1 saturated carbocycles. The fourth-order valence-corrected chi connectivity index (χ4v) is 4.01. The van der Waals surface area contributed by atoms with Gasteiger partial charge >= 0.3 is 5.97 Å². The molecule has 2 heterocycles. The summed E-state index contributed by atoms with van der Waals surface area (Å²) in [5.41, 5.74) is 0. The number of carbonyl (C=O) groups excluding carboxylic acids is 1. The first-order valence-corrected chi connectivity index (χ1v) is 9.70. The summed E-state index contributed by atoms with van der Waals surface area (Å²) in [7, 11) is 0. The lowest BCUT2D eigenvalue weighted by Crippen LogP contribution is -2.46. The number of hydrogen-bond acceptors (Lipinski definition) is 6. The van der Waals surface area contributed by atoms with Gasteiger partial charge in [0.2, 0.25) is 0 Å². The first-order valence-electron chi connectivity index (χ1n) is 9.70. The molecule has 3 aliphatic rings. The van der Waals surface area contributed by atoms with Crippen molar-refractivity contribution in [2.75, 3.05) is 39.4 Å². The maximum atomic E-state index is 11.9. The van der Waals surface area contributed by atoms with E-state index < -0.39 is 0 Å². The molecule has 0 bridgehead atoms. The Morgan fingerprint density at radius 2 is 1.88 bits per heavy atom. The summed E-state index contributed by atoms with van der Waals surface area (Å²) < 4.78 is 11.6. The second-order valence-corrected chi connectivity index (χ2v) is 7.13. The molecule has 0 radical (unpaired) electrons. The van der Waals surface area contributed by atoms with Crippen LogP contribution < -0.4 is 0 Å². The predicted octanol–water partition coefficient (Wildman–Crippen LogP) is 2.18. The lowest BCUT2D eigenvalue weighted by molar-refractivity contribution is -0.180. The van der Waals surface area contributed by atoms with Gasteiger partial charge in [-0.2, -0.15) is 5.06 Å². The fraction of sp³-hybridized carbons (Fsp3) is 0.944. The first-order chi connectivity index (χ1) is 11.8. The largest absolute Gasteiger partial charge is 0.466 e. The van der Waals surface area contributed by atoms with Crippen molar-refractivity contribution < 1.29 is 19.1 Å². The summed E-state index contributed by atoms with van der Waals surface area (Å²) >= 11 is 0. The number of nitrogens with zero attached hydrogens (tertiary/aromatic N) is 2. The Morgan fingerprint density at radius 3 is 2.50 bits per heavy atom. The minimum absolute atomic E-state index is 0.0301. The highest BCUT2D eigenvalue weighted by molar-refractivity contribution is 5.72. The van der Waals surface area contributed by atoms with Crippen LogP contribution in [0.3, 0.4) is 0 Å². The van der Waals surface area contributed by atoms with Crippen LogP contribution in [0.1, 0.15) is 51.9 Å². The number of esters is 1. The van der Waals surface area contributed by atoms with E-state index in [0.717, 1.165) is 64.9 Å². The summed E-state index contributed by atoms with van der Waals surface area (Å²) in [5, 5.41) is 2.06. The number of likely N-dealkylation sites (tertiary alicyclic amines) is 1. The van der Waals surface area contributed by atoms with Crippen LogP contribution in [0.15, 0.2) is 0 Å². The van der Waals surface area contributed by atoms with Crippen LogP contribution in [0.2, 0.25) is 0 Å². The lowest BCUT2D eigenvalue weighted by Gasteiger charge is -2.35. The highest BCUT2D eigenvalue weighted by Crippen LogP contribution is 2.29. The van der Waals surface area contributed by atoms with E-state index in [2.05, 4.69) is 9.96 Å². The fourth-order valence-electron chi connectivity index (χ4n) is 4.01. The van der Waals surface area contributed by atoms with Gasteiger partial charge in [-0.1, -0.05) is 0 Å². The average molecular weight is 340 g/mol. The molecule has 6 nitrogen and oxygen atoms in total. The molecule has 3 rings (SSSR count). The highest BCUT2D eigenvalue weighted by atomic mass is 16.7. The third kappa shape index (κ3) is 4.91. The molecular weight excluding hydrogens is 308 g/mol. The number of ether oxygens (including phenoxy) is 2. The van der Waals surface area contributed by atoms with Crippen LogP contribution >= 0.6 is 0 Å². The second kappa shape index (κ2) is 9.13. The molecule has 2 aliphatic heterocycles. The minimum atomic E-state index is -0.0301. The topological polar surface area (TPSA) is 51.2 Å². The van der Waals surface area contributed by atoms with E-state index in [9.17, 15) is 4.79 Å². The molecule has 6 heteroatoms. The van der Waals surface area contributed by atoms with Crippen molar-refractivity contribution in [3.05, 3.63) is 0 Å². The number of hydrogen-bond donors (Lipinski definition) is 0. The van der Waals surface area contributed by atoms with Gasteiger partial charge in [-0.15, -0.1) is 0 Å². The zero-order valence-electron chi connectivity index (χ0n) is 15.0. The van der Waals surface area contributed by atoms with E-state index in [-0.39, 0.29) is 24.2 Å². The van der Waals surface area contributed by atoms with Crippen LogP contribution in [0.5, 0.6) is 0 Å². The normalized spacial score (nSPS) is 30.5. The zero-order chi connectivity index (χ0) is 16.8. The quantitative estimate of drug-likeness (QED) is 0.662. The molecule has 0 aromatic carbocycles. The van der Waals surface area contributed by atoms with E-state index >= 15 is 0 Å². The van der Waals surface area contributed by atoms with Crippen molar-refractivity contribution in [2.24, 2.45) is 5.92 Å². The van der Waals surface area contributed by atoms with Gasteiger partial charge in [0.15, 0.2) is 0 Å². The summed E-state index contributed by atoms with van der Waals surface area (Å²) in [4.78, 5) is 20.0. The number of rotatable bonds is 7. The highest BCUT2D eigenvalue weighted by Gasteiger charge is 2.32. The van der Waals surface area contributed by atoms with E-state index in [1.807, 2.05) is 6.92 Å². The van der Waals surface area contributed by atoms with E-state index in [0.29, 0.717) is 6.61 Å². The van der Waals surface area contributed by atoms with Crippen molar-refractivity contribution in [3.63, 3.8) is 0 Å². The SMILES string of the molecule is CCOC(=O)C1CCC(OC(CN2CCCO2)N2CCCC2)CC1. The number of carbonyl (C=O) groups is 1. The van der Waals surface area contributed by atoms with Gasteiger partial charge in [0.25, 0.3) is 0 Å². The molecule has 1 unspecified atom stereocenters. The maximum Gasteiger partial charge on any atom is 0.308 e. The average Bonchev–Trinajstić information content (AvgIpc) is 3.29. The van der Waals surface area contributed by atoms with Crippen LogP contribution in [-0.2, 0) is 19.1 Å². The molecule has 0 aromatic rings. The third-order valence-electron chi connectivity index (χ3n) is 5.38. The van der Waals surface area contributed by atoms with Gasteiger partial charge in [-0.3, -0.25) is 14.5 Å². The standard InChI is InChI=1S/C18H32N2O4/c1-2-22-18(21)15-6-8-16(9-7-15)24-17(19-10-3-4-11-19)14-20-12-5-13-23-20/h15-17H,2-14H2,1H3. The Hall–Kier alpha value is -0.690. The lowest BCUT2D eigenvalue weighted by atomic mass is 9.87. The molecule has 138 valence electrons. The van der Waals surface area contributed by atoms with Crippen LogP contribution in [0, 0.1) is 5.92 Å². The molecule has 0 aromatic heterocycles. The van der Waals surface area contributed by atoms with E-state index in [1.165, 1.54) is 12.8 Å². The van der Waals surface area contributed by atoms with Crippen molar-refractivity contribution in [1.82, 2.24) is 9.96 Å². The summed E-state index contributed by atoms with van der Waals surface area (Å²) in [6.45, 7) is 7.25. The molecule has 3 fully saturated rings. The number of hydroxylamine groups is 2. The molecule has 2 saturated heterocycles. The maximum absolute atomic E-state index is 11.9. The molecule has 0 spiro atoms. The predicted molar refractivity (Wildman–Crippen MR) is 90.2 cm³/mol. The zero-order valence-corrected chi connectivity index (χ0v) is 15.0. The van der Waals surface area contributed by atoms with Crippen molar-refractivity contribution >= 4 is 5.97 Å². The Balaban J connectivity index is 1.48. The third-order valence-corrected chi connectivity index (χ3v) is 5.38. The second-order valence-electron chi connectivity index (χ2n) is 7.13. The smallest absolute Gasteiger partial charge is 0.308 e. The van der Waals surface area contributed by atoms with Crippen LogP contribution in [-0.4, -0.2) is 67.7 Å². The van der Waals surface area contributed by atoms with Crippen molar-refractivity contribution in [1.29, 1.82) is 0 Å². The molecule has 0 N–H and O–H groups in total. The monoisotopic (exact) mass is 340 g/mol. The van der Waals surface area contributed by atoms with Gasteiger partial charge < -0.3 is 9.47 Å². The molecule has 24 heavy (non-hydrogen) atoms. The van der Waals surface area contributed by atoms with Crippen LogP contribution in [0.4, 0.5) is 0 Å². The molecule has 1 aliphatic carbocycles. The van der Waals surface area contributed by atoms with E-state index in [1.54, 1.807) is 0 Å². The van der Waals surface area contributed by atoms with E-state index in [4.69, 9.17) is 14.3 Å². The van der Waals surface area contributed by atoms with Gasteiger partial charge in [0.05, 0.1) is 31.8 Å². The molecule has 0 amide bonds. The van der Waals surface area contributed by atoms with Gasteiger partial charge in [0, 0.05) is 19.6 Å².